The summed E-state index contributed by atoms with van der Waals surface area (Å²) in [6, 6.07) is 0. The number of aliphatic carboxylic acids is 1. The Labute approximate surface area is 184 Å². The molecule has 2 bridgehead atoms. The van der Waals surface area contributed by atoms with Crippen LogP contribution in [0, 0.1) is 24.2 Å². The molecule has 3 aliphatic rings. The average Bonchev–Trinajstić information content (AvgIpc) is 3.17. The normalized spacial score (nSPS) is 27.3. The fourth-order valence-electron chi connectivity index (χ4n) is 4.95. The number of aromatic nitrogens is 4. The van der Waals surface area contributed by atoms with Gasteiger partial charge >= 0.3 is 12.1 Å². The van der Waals surface area contributed by atoms with E-state index in [1.54, 1.807) is 0 Å². The number of terminal acetylenes is 1. The lowest BCUT2D eigenvalue weighted by Gasteiger charge is -2.40. The minimum atomic E-state index is -5.08. The number of rotatable bonds is 8. The maximum Gasteiger partial charge on any atom is 0.490 e. The zero-order valence-electron chi connectivity index (χ0n) is 18.0. The van der Waals surface area contributed by atoms with Crippen LogP contribution in [0.3, 0.4) is 0 Å². The molecule has 2 aliphatic carbocycles. The van der Waals surface area contributed by atoms with E-state index >= 15 is 0 Å². The molecule has 2 fully saturated rings. The summed E-state index contributed by atoms with van der Waals surface area (Å²) in [6.07, 6.45) is 9.13. The van der Waals surface area contributed by atoms with E-state index in [0.717, 1.165) is 62.9 Å². The number of nitrogens with zero attached hydrogens (tertiary/aromatic N) is 6. The summed E-state index contributed by atoms with van der Waals surface area (Å²) in [5, 5.41) is 32.1. The fourth-order valence-corrected chi connectivity index (χ4v) is 4.95. The largest absolute Gasteiger partial charge is 0.490 e. The van der Waals surface area contributed by atoms with Gasteiger partial charge in [0, 0.05) is 32.4 Å². The predicted molar refractivity (Wildman–Crippen MR) is 107 cm³/mol. The van der Waals surface area contributed by atoms with E-state index in [0.29, 0.717) is 0 Å². The van der Waals surface area contributed by atoms with Crippen molar-refractivity contribution in [1.82, 2.24) is 25.5 Å². The number of nitrogens with one attached hydrogen (secondary N) is 1. The van der Waals surface area contributed by atoms with Gasteiger partial charge < -0.3 is 10.4 Å². The Morgan fingerprint density at radius 1 is 1.28 bits per heavy atom. The van der Waals surface area contributed by atoms with Crippen molar-refractivity contribution < 1.29 is 23.1 Å². The van der Waals surface area contributed by atoms with E-state index in [1.807, 2.05) is 4.68 Å². The predicted octanol–water partition coefficient (Wildman–Crippen LogP) is 3.29. The molecule has 9 nitrogen and oxygen atoms in total. The molecular weight excluding hydrogens is 427 g/mol. The number of carbonyl (C=O) groups is 1. The highest BCUT2D eigenvalue weighted by atomic mass is 19.4. The second-order valence-corrected chi connectivity index (χ2v) is 8.72. The lowest BCUT2D eigenvalue weighted by Crippen LogP contribution is -2.49. The third-order valence-electron chi connectivity index (χ3n) is 6.47. The van der Waals surface area contributed by atoms with E-state index < -0.39 is 12.1 Å². The van der Waals surface area contributed by atoms with E-state index in [4.69, 9.17) is 16.3 Å². The van der Waals surface area contributed by atoms with Crippen molar-refractivity contribution in [3.63, 3.8) is 0 Å². The molecule has 0 saturated heterocycles. The number of hydrogen-bond acceptors (Lipinski definition) is 7. The van der Waals surface area contributed by atoms with Gasteiger partial charge in [-0.05, 0) is 48.4 Å². The molecule has 2 unspecified atom stereocenters. The summed E-state index contributed by atoms with van der Waals surface area (Å²) in [5.41, 5.74) is -0.337. The van der Waals surface area contributed by atoms with Gasteiger partial charge in [0.15, 0.2) is 11.5 Å². The second-order valence-electron chi connectivity index (χ2n) is 8.72. The van der Waals surface area contributed by atoms with Crippen LogP contribution in [0.4, 0.5) is 13.2 Å². The van der Waals surface area contributed by atoms with Crippen molar-refractivity contribution in [2.45, 2.75) is 82.2 Å². The van der Waals surface area contributed by atoms with Crippen LogP contribution in [0.25, 0.3) is 0 Å². The summed E-state index contributed by atoms with van der Waals surface area (Å²) in [7, 11) is 0. The first kappa shape index (κ1) is 24.1. The van der Waals surface area contributed by atoms with Crippen LogP contribution in [-0.2, 0) is 16.9 Å². The third kappa shape index (κ3) is 5.62. The Morgan fingerprint density at radius 2 is 1.91 bits per heavy atom. The zero-order chi connectivity index (χ0) is 23.4. The van der Waals surface area contributed by atoms with Crippen LogP contribution >= 0.6 is 0 Å². The zero-order valence-corrected chi connectivity index (χ0v) is 18.0. The van der Waals surface area contributed by atoms with Gasteiger partial charge in [-0.2, -0.15) is 23.4 Å². The fraction of sp³-hybridized carbons (Fsp3) is 0.800. The number of hydrogen-bond donors (Lipinski definition) is 2. The molecule has 2 atom stereocenters. The van der Waals surface area contributed by atoms with Crippen LogP contribution in [0.2, 0.25) is 0 Å². The van der Waals surface area contributed by atoms with E-state index in [1.165, 1.54) is 19.3 Å². The lowest BCUT2D eigenvalue weighted by atomic mass is 9.74. The molecule has 0 spiro atoms. The SMILES string of the molecule is C#CCCC1(CCNC2(c3nnnn3CC)CC3CCC(C3)C2)N=N1.O=C(O)C(F)(F)F. The highest BCUT2D eigenvalue weighted by Crippen LogP contribution is 2.50. The smallest absolute Gasteiger partial charge is 0.475 e. The van der Waals surface area contributed by atoms with E-state index in [-0.39, 0.29) is 11.2 Å². The molecule has 2 N–H and O–H groups in total. The number of aryl methyl sites for hydroxylation is 1. The quantitative estimate of drug-likeness (QED) is 0.581. The highest BCUT2D eigenvalue weighted by molar-refractivity contribution is 5.73. The minimum Gasteiger partial charge on any atom is -0.475 e. The van der Waals surface area contributed by atoms with Gasteiger partial charge in [0.25, 0.3) is 0 Å². The molecule has 4 rings (SSSR count). The Morgan fingerprint density at radius 3 is 2.41 bits per heavy atom. The number of halogens is 3. The molecule has 2 heterocycles. The van der Waals surface area contributed by atoms with Crippen LogP contribution in [0.1, 0.15) is 64.1 Å². The Kier molecular flexibility index (Phi) is 7.17. The molecular formula is C20H28F3N7O2. The van der Waals surface area contributed by atoms with Gasteiger partial charge in [0.2, 0.25) is 0 Å². The monoisotopic (exact) mass is 455 g/mol. The van der Waals surface area contributed by atoms with E-state index in [2.05, 4.69) is 43.9 Å². The van der Waals surface area contributed by atoms with Crippen molar-refractivity contribution in [3.05, 3.63) is 5.82 Å². The summed E-state index contributed by atoms with van der Waals surface area (Å²) in [6.45, 7) is 3.77. The molecule has 1 aromatic rings. The molecule has 12 heteroatoms. The number of fused-ring (bicyclic) bond motifs is 2. The molecule has 1 aliphatic heterocycles. The van der Waals surface area contributed by atoms with Crippen molar-refractivity contribution in [2.24, 2.45) is 22.1 Å². The Bertz CT molecular complexity index is 859. The van der Waals surface area contributed by atoms with E-state index in [9.17, 15) is 13.2 Å². The topological polar surface area (TPSA) is 118 Å². The maximum absolute atomic E-state index is 10.6. The first-order chi connectivity index (χ1) is 15.1. The van der Waals surface area contributed by atoms with Gasteiger partial charge in [-0.15, -0.1) is 17.4 Å². The van der Waals surface area contributed by atoms with Crippen molar-refractivity contribution in [1.29, 1.82) is 0 Å². The molecule has 32 heavy (non-hydrogen) atoms. The Balaban J connectivity index is 0.000000360. The molecule has 0 amide bonds. The summed E-state index contributed by atoms with van der Waals surface area (Å²) < 4.78 is 33.7. The van der Waals surface area contributed by atoms with Crippen LogP contribution in [0.15, 0.2) is 10.2 Å². The summed E-state index contributed by atoms with van der Waals surface area (Å²) >= 11 is 0. The van der Waals surface area contributed by atoms with Gasteiger partial charge in [-0.1, -0.05) is 12.8 Å². The second kappa shape index (κ2) is 9.52. The minimum absolute atomic E-state index is 0.105. The molecule has 0 radical (unpaired) electrons. The van der Waals surface area contributed by atoms with Crippen LogP contribution in [-0.4, -0.2) is 49.7 Å². The van der Waals surface area contributed by atoms with Crippen molar-refractivity contribution in [3.8, 4) is 12.3 Å². The van der Waals surface area contributed by atoms with Gasteiger partial charge in [-0.25, -0.2) is 9.48 Å². The van der Waals surface area contributed by atoms with Gasteiger partial charge in [-0.3, -0.25) is 0 Å². The molecule has 2 saturated carbocycles. The standard InChI is InChI=1S/C18H27N7.C2HF3O2/c1-3-5-8-18(21-22-18)9-10-19-17(16-20-23-24-25(16)4-2)12-14-6-7-15(11-14)13-17;3-2(4,5)1(6)7/h1,14-15,19H,4-13H2,2H3;(H,6,7). The van der Waals surface area contributed by atoms with Crippen molar-refractivity contribution in [2.75, 3.05) is 6.54 Å². The van der Waals surface area contributed by atoms with Gasteiger partial charge in [0.1, 0.15) is 0 Å². The van der Waals surface area contributed by atoms with Crippen LogP contribution in [0.5, 0.6) is 0 Å². The number of carboxylic acids is 1. The average molecular weight is 455 g/mol. The van der Waals surface area contributed by atoms with Crippen LogP contribution < -0.4 is 5.32 Å². The molecule has 176 valence electrons. The molecule has 1 aromatic heterocycles. The lowest BCUT2D eigenvalue weighted by molar-refractivity contribution is -0.192. The maximum atomic E-state index is 10.6. The Hall–Kier alpha value is -2.55. The third-order valence-corrected chi connectivity index (χ3v) is 6.47. The summed E-state index contributed by atoms with van der Waals surface area (Å²) in [5.74, 6) is 2.53. The number of tetrazole rings is 1. The first-order valence-electron chi connectivity index (χ1n) is 10.8. The highest BCUT2D eigenvalue weighted by Gasteiger charge is 2.48. The molecule has 0 aromatic carbocycles. The number of carboxylic acid groups (broad SMARTS) is 1. The summed E-state index contributed by atoms with van der Waals surface area (Å²) in [4.78, 5) is 8.90. The first-order valence-corrected chi connectivity index (χ1v) is 10.8. The van der Waals surface area contributed by atoms with Gasteiger partial charge in [0.05, 0.1) is 5.54 Å². The van der Waals surface area contributed by atoms with Crippen molar-refractivity contribution >= 4 is 5.97 Å². The number of alkyl halides is 3.